The van der Waals surface area contributed by atoms with E-state index in [-0.39, 0.29) is 12.2 Å². The minimum atomic E-state index is -0.641. The molecule has 0 saturated heterocycles. The Kier molecular flexibility index (Phi) is 5.19. The van der Waals surface area contributed by atoms with E-state index in [1.165, 1.54) is 24.4 Å². The Bertz CT molecular complexity index is 592. The Morgan fingerprint density at radius 3 is 2.67 bits per heavy atom. The molecule has 0 spiro atoms. The van der Waals surface area contributed by atoms with Crippen LogP contribution in [0.4, 0.5) is 8.78 Å². The van der Waals surface area contributed by atoms with Crippen LogP contribution in [0.3, 0.4) is 0 Å². The van der Waals surface area contributed by atoms with Crippen molar-refractivity contribution in [3.63, 3.8) is 0 Å². The monoisotopic (exact) mass is 293 g/mol. The van der Waals surface area contributed by atoms with Gasteiger partial charge in [0.2, 0.25) is 0 Å². The third kappa shape index (κ3) is 3.53. The maximum Gasteiger partial charge on any atom is 0.135 e. The number of H-pyrrole nitrogens is 1. The number of aliphatic hydroxyl groups is 1. The van der Waals surface area contributed by atoms with Gasteiger partial charge < -0.3 is 5.11 Å². The van der Waals surface area contributed by atoms with Crippen molar-refractivity contribution in [2.45, 2.75) is 6.54 Å². The van der Waals surface area contributed by atoms with E-state index in [0.29, 0.717) is 30.9 Å². The molecule has 0 unspecified atom stereocenters. The first-order chi connectivity index (χ1) is 10.2. The smallest absolute Gasteiger partial charge is 0.135 e. The molecule has 1 aromatic carbocycles. The number of nitrogens with zero attached hydrogens (tertiary/aromatic N) is 2. The molecule has 2 N–H and O–H groups in total. The molecule has 4 nitrogen and oxygen atoms in total. The number of halogens is 2. The summed E-state index contributed by atoms with van der Waals surface area (Å²) in [5.41, 5.74) is 0.861. The second kappa shape index (κ2) is 7.10. The lowest BCUT2D eigenvalue weighted by Crippen LogP contribution is -2.26. The van der Waals surface area contributed by atoms with Crippen LogP contribution in [-0.2, 0) is 6.54 Å². The number of aliphatic hydroxyl groups excluding tert-OH is 1. The fraction of sp³-hybridized carbons (Fsp3) is 0.267. The molecule has 2 aromatic rings. The number of aromatic nitrogens is 2. The summed E-state index contributed by atoms with van der Waals surface area (Å²) in [6.45, 7) is 5.06. The van der Waals surface area contributed by atoms with Crippen molar-refractivity contribution in [1.29, 1.82) is 0 Å². The molecule has 0 bridgehead atoms. The highest BCUT2D eigenvalue weighted by Gasteiger charge is 2.18. The van der Waals surface area contributed by atoms with Gasteiger partial charge in [-0.15, -0.1) is 6.58 Å². The molecule has 0 aliphatic rings. The van der Waals surface area contributed by atoms with Crippen LogP contribution in [0.5, 0.6) is 0 Å². The van der Waals surface area contributed by atoms with E-state index in [1.54, 1.807) is 6.08 Å². The van der Waals surface area contributed by atoms with E-state index in [9.17, 15) is 8.78 Å². The second-order valence-corrected chi connectivity index (χ2v) is 4.61. The summed E-state index contributed by atoms with van der Waals surface area (Å²) in [7, 11) is 0. The van der Waals surface area contributed by atoms with Crippen molar-refractivity contribution in [1.82, 2.24) is 15.1 Å². The van der Waals surface area contributed by atoms with Crippen molar-refractivity contribution in [3.8, 4) is 11.3 Å². The molecular weight excluding hydrogens is 276 g/mol. The predicted octanol–water partition coefficient (Wildman–Crippen LogP) is 2.34. The fourth-order valence-electron chi connectivity index (χ4n) is 2.18. The summed E-state index contributed by atoms with van der Waals surface area (Å²) in [4.78, 5) is 1.90. The van der Waals surface area contributed by atoms with E-state index in [0.717, 1.165) is 0 Å². The quantitative estimate of drug-likeness (QED) is 0.770. The number of benzene rings is 1. The van der Waals surface area contributed by atoms with Gasteiger partial charge in [-0.05, 0) is 12.1 Å². The van der Waals surface area contributed by atoms with Gasteiger partial charge in [0.15, 0.2) is 0 Å². The topological polar surface area (TPSA) is 52.1 Å². The second-order valence-electron chi connectivity index (χ2n) is 4.61. The highest BCUT2D eigenvalue weighted by atomic mass is 19.1. The van der Waals surface area contributed by atoms with Crippen molar-refractivity contribution < 1.29 is 13.9 Å². The molecule has 1 heterocycles. The molecule has 0 amide bonds. The molecule has 0 saturated carbocycles. The van der Waals surface area contributed by atoms with Crippen molar-refractivity contribution in [3.05, 3.63) is 54.2 Å². The van der Waals surface area contributed by atoms with Crippen LogP contribution in [-0.4, -0.2) is 39.9 Å². The molecule has 1 aromatic heterocycles. The van der Waals surface area contributed by atoms with E-state index in [2.05, 4.69) is 16.8 Å². The van der Waals surface area contributed by atoms with Crippen molar-refractivity contribution in [2.75, 3.05) is 19.7 Å². The zero-order valence-electron chi connectivity index (χ0n) is 11.5. The van der Waals surface area contributed by atoms with Gasteiger partial charge >= 0.3 is 0 Å². The largest absolute Gasteiger partial charge is 0.395 e. The maximum atomic E-state index is 13.9. The Labute approximate surface area is 121 Å². The van der Waals surface area contributed by atoms with Crippen LogP contribution in [0.25, 0.3) is 11.3 Å². The molecule has 0 radical (unpaired) electrons. The van der Waals surface area contributed by atoms with Crippen molar-refractivity contribution in [2.24, 2.45) is 0 Å². The number of rotatable bonds is 7. The standard InChI is InChI=1S/C15H17F2N3O/c1-2-6-20(7-8-21)10-11-9-18-19-15(11)14-12(16)4-3-5-13(14)17/h2-5,9,21H,1,6-8,10H2,(H,18,19). The predicted molar refractivity (Wildman–Crippen MR) is 76.5 cm³/mol. The molecule has 2 rings (SSSR count). The first kappa shape index (κ1) is 15.3. The highest BCUT2D eigenvalue weighted by molar-refractivity contribution is 5.64. The van der Waals surface area contributed by atoms with Gasteiger partial charge in [0.05, 0.1) is 24.1 Å². The lowest BCUT2D eigenvalue weighted by Gasteiger charge is -2.19. The van der Waals surface area contributed by atoms with E-state index in [1.807, 2.05) is 4.90 Å². The van der Waals surface area contributed by atoms with E-state index in [4.69, 9.17) is 5.11 Å². The zero-order valence-corrected chi connectivity index (χ0v) is 11.5. The van der Waals surface area contributed by atoms with Crippen LogP contribution in [0.1, 0.15) is 5.56 Å². The Hall–Kier alpha value is -2.05. The molecule has 0 aliphatic carbocycles. The summed E-state index contributed by atoms with van der Waals surface area (Å²) in [6, 6.07) is 3.73. The van der Waals surface area contributed by atoms with Crippen molar-refractivity contribution >= 4 is 0 Å². The maximum absolute atomic E-state index is 13.9. The normalized spacial score (nSPS) is 11.0. The Morgan fingerprint density at radius 1 is 1.33 bits per heavy atom. The first-order valence-electron chi connectivity index (χ1n) is 6.58. The molecule has 112 valence electrons. The van der Waals surface area contributed by atoms with Crippen LogP contribution in [0.15, 0.2) is 37.1 Å². The first-order valence-corrected chi connectivity index (χ1v) is 6.58. The van der Waals surface area contributed by atoms with Gasteiger partial charge in [0.25, 0.3) is 0 Å². The summed E-state index contributed by atoms with van der Waals surface area (Å²) in [5.74, 6) is -1.28. The van der Waals surface area contributed by atoms with E-state index >= 15 is 0 Å². The zero-order chi connectivity index (χ0) is 15.2. The Morgan fingerprint density at radius 2 is 2.05 bits per heavy atom. The fourth-order valence-corrected chi connectivity index (χ4v) is 2.18. The van der Waals surface area contributed by atoms with Gasteiger partial charge in [-0.1, -0.05) is 12.1 Å². The van der Waals surface area contributed by atoms with Crippen LogP contribution >= 0.6 is 0 Å². The minimum absolute atomic E-state index is 0.00488. The molecule has 0 atom stereocenters. The van der Waals surface area contributed by atoms with E-state index < -0.39 is 11.6 Å². The minimum Gasteiger partial charge on any atom is -0.395 e. The number of hydrogen-bond donors (Lipinski definition) is 2. The van der Waals surface area contributed by atoms with Gasteiger partial charge in [-0.2, -0.15) is 5.10 Å². The number of nitrogens with one attached hydrogen (secondary N) is 1. The lowest BCUT2D eigenvalue weighted by atomic mass is 10.1. The summed E-state index contributed by atoms with van der Waals surface area (Å²) < 4.78 is 27.7. The Balaban J connectivity index is 2.32. The van der Waals surface area contributed by atoms with Gasteiger partial charge in [0, 0.05) is 25.2 Å². The van der Waals surface area contributed by atoms with Gasteiger partial charge in [-0.3, -0.25) is 10.00 Å². The third-order valence-electron chi connectivity index (χ3n) is 3.13. The van der Waals surface area contributed by atoms with Crippen LogP contribution < -0.4 is 0 Å². The third-order valence-corrected chi connectivity index (χ3v) is 3.13. The van der Waals surface area contributed by atoms with Crippen LogP contribution in [0.2, 0.25) is 0 Å². The molecule has 21 heavy (non-hydrogen) atoms. The SMILES string of the molecule is C=CCN(CCO)Cc1cn[nH]c1-c1c(F)cccc1F. The number of hydrogen-bond acceptors (Lipinski definition) is 3. The highest BCUT2D eigenvalue weighted by Crippen LogP contribution is 2.27. The average Bonchev–Trinajstić information content (AvgIpc) is 2.87. The van der Waals surface area contributed by atoms with Crippen LogP contribution in [0, 0.1) is 11.6 Å². The summed E-state index contributed by atoms with van der Waals surface area (Å²) >= 11 is 0. The average molecular weight is 293 g/mol. The lowest BCUT2D eigenvalue weighted by molar-refractivity contribution is 0.203. The molecule has 0 fully saturated rings. The molecular formula is C15H17F2N3O. The molecule has 0 aliphatic heterocycles. The summed E-state index contributed by atoms with van der Waals surface area (Å²) in [6.07, 6.45) is 3.24. The molecule has 6 heteroatoms. The van der Waals surface area contributed by atoms with Gasteiger partial charge in [-0.25, -0.2) is 8.78 Å². The summed E-state index contributed by atoms with van der Waals surface area (Å²) in [5, 5.41) is 15.6. The number of aromatic amines is 1. The van der Waals surface area contributed by atoms with Gasteiger partial charge in [0.1, 0.15) is 11.6 Å².